The largest absolute Gasteiger partial charge is 0.367 e. The minimum atomic E-state index is 0.504. The maximum Gasteiger partial charge on any atom is 0.0642 e. The van der Waals surface area contributed by atoms with Gasteiger partial charge in [-0.05, 0) is 49.3 Å². The lowest BCUT2D eigenvalue weighted by Crippen LogP contribution is -2.42. The van der Waals surface area contributed by atoms with Crippen LogP contribution in [-0.4, -0.2) is 18.6 Å². The van der Waals surface area contributed by atoms with Crippen LogP contribution in [0.5, 0.6) is 0 Å². The lowest BCUT2D eigenvalue weighted by Gasteiger charge is -2.40. The van der Waals surface area contributed by atoms with Gasteiger partial charge in [-0.1, -0.05) is 37.9 Å². The summed E-state index contributed by atoms with van der Waals surface area (Å²) in [6, 6.07) is 7.85. The van der Waals surface area contributed by atoms with Crippen molar-refractivity contribution in [2.45, 2.75) is 64.6 Å². The monoisotopic (exact) mass is 306 g/mol. The molecule has 3 rings (SSSR count). The molecule has 116 valence electrons. The van der Waals surface area contributed by atoms with Gasteiger partial charge >= 0.3 is 0 Å². The third kappa shape index (κ3) is 3.37. The first-order valence-electron chi connectivity index (χ1n) is 8.43. The van der Waals surface area contributed by atoms with Gasteiger partial charge in [0.2, 0.25) is 0 Å². The van der Waals surface area contributed by atoms with Crippen molar-refractivity contribution >= 4 is 17.3 Å². The number of halogens is 1. The van der Waals surface area contributed by atoms with E-state index in [4.69, 9.17) is 11.6 Å². The van der Waals surface area contributed by atoms with Gasteiger partial charge in [-0.3, -0.25) is 0 Å². The summed E-state index contributed by atoms with van der Waals surface area (Å²) >= 11 is 6.60. The fourth-order valence-corrected chi connectivity index (χ4v) is 4.28. The van der Waals surface area contributed by atoms with E-state index < -0.39 is 0 Å². The molecule has 1 aliphatic heterocycles. The molecule has 2 nitrogen and oxygen atoms in total. The van der Waals surface area contributed by atoms with E-state index in [1.54, 1.807) is 0 Å². The molecule has 0 aromatic heterocycles. The first-order valence-corrected chi connectivity index (χ1v) is 8.81. The fourth-order valence-electron chi connectivity index (χ4n) is 3.97. The topological polar surface area (TPSA) is 15.3 Å². The van der Waals surface area contributed by atoms with Crippen LogP contribution in [0.4, 0.5) is 5.69 Å². The van der Waals surface area contributed by atoms with Gasteiger partial charge in [-0.25, -0.2) is 0 Å². The molecule has 0 radical (unpaired) electrons. The van der Waals surface area contributed by atoms with Gasteiger partial charge in [0, 0.05) is 25.2 Å². The number of hydrogen-bond donors (Lipinski definition) is 1. The summed E-state index contributed by atoms with van der Waals surface area (Å²) in [4.78, 5) is 2.59. The van der Waals surface area contributed by atoms with Gasteiger partial charge in [0.25, 0.3) is 0 Å². The third-order valence-corrected chi connectivity index (χ3v) is 5.33. The summed E-state index contributed by atoms with van der Waals surface area (Å²) in [6.07, 6.45) is 6.87. The normalized spacial score (nSPS) is 25.4. The molecule has 0 bridgehead atoms. The zero-order valence-corrected chi connectivity index (χ0v) is 14.0. The predicted molar refractivity (Wildman–Crippen MR) is 91.1 cm³/mol. The average Bonchev–Trinajstić information content (AvgIpc) is 2.94. The third-order valence-electron chi connectivity index (χ3n) is 5.03. The van der Waals surface area contributed by atoms with E-state index in [-0.39, 0.29) is 0 Å². The highest BCUT2D eigenvalue weighted by atomic mass is 35.5. The van der Waals surface area contributed by atoms with Crippen molar-refractivity contribution in [1.29, 1.82) is 0 Å². The van der Waals surface area contributed by atoms with Gasteiger partial charge in [0.05, 0.1) is 10.7 Å². The zero-order valence-electron chi connectivity index (χ0n) is 13.2. The van der Waals surface area contributed by atoms with E-state index in [2.05, 4.69) is 42.3 Å². The number of nitrogens with one attached hydrogen (secondary N) is 1. The van der Waals surface area contributed by atoms with Crippen LogP contribution < -0.4 is 10.2 Å². The van der Waals surface area contributed by atoms with Crippen molar-refractivity contribution in [2.24, 2.45) is 5.92 Å². The number of benzene rings is 1. The Morgan fingerprint density at radius 3 is 2.81 bits per heavy atom. The average molecular weight is 307 g/mol. The molecule has 1 heterocycles. The lowest BCUT2D eigenvalue weighted by molar-refractivity contribution is 0.362. The summed E-state index contributed by atoms with van der Waals surface area (Å²) in [5.41, 5.74) is 2.53. The SMILES string of the molecule is CC(C)NCc1ccc(N2CCCC3CCCC32)c(Cl)c1. The Kier molecular flexibility index (Phi) is 4.75. The van der Waals surface area contributed by atoms with E-state index in [9.17, 15) is 0 Å². The molecular weight excluding hydrogens is 280 g/mol. The van der Waals surface area contributed by atoms with Gasteiger partial charge in [0.15, 0.2) is 0 Å². The van der Waals surface area contributed by atoms with Crippen LogP contribution in [0.3, 0.4) is 0 Å². The minimum absolute atomic E-state index is 0.504. The number of piperidine rings is 1. The van der Waals surface area contributed by atoms with Gasteiger partial charge in [-0.2, -0.15) is 0 Å². The standard InChI is InChI=1S/C18H27ClN2/c1-13(2)20-12-14-8-9-18(16(19)11-14)21-10-4-6-15-5-3-7-17(15)21/h8-9,11,13,15,17,20H,3-7,10,12H2,1-2H3. The first-order chi connectivity index (χ1) is 10.1. The van der Waals surface area contributed by atoms with Crippen LogP contribution in [0.15, 0.2) is 18.2 Å². The molecule has 1 aromatic rings. The highest BCUT2D eigenvalue weighted by Gasteiger charge is 2.35. The molecular formula is C18H27ClN2. The van der Waals surface area contributed by atoms with Crippen LogP contribution in [0.2, 0.25) is 5.02 Å². The minimum Gasteiger partial charge on any atom is -0.367 e. The van der Waals surface area contributed by atoms with E-state index in [0.29, 0.717) is 6.04 Å². The number of rotatable bonds is 4. The van der Waals surface area contributed by atoms with E-state index >= 15 is 0 Å². The van der Waals surface area contributed by atoms with Crippen LogP contribution in [0.25, 0.3) is 0 Å². The van der Waals surface area contributed by atoms with E-state index in [1.807, 2.05) is 0 Å². The van der Waals surface area contributed by atoms with Crippen LogP contribution in [0.1, 0.15) is 51.5 Å². The van der Waals surface area contributed by atoms with Crippen LogP contribution in [0, 0.1) is 5.92 Å². The molecule has 2 fully saturated rings. The Morgan fingerprint density at radius 2 is 2.05 bits per heavy atom. The molecule has 0 spiro atoms. The second kappa shape index (κ2) is 6.58. The molecule has 2 aliphatic rings. The van der Waals surface area contributed by atoms with Crippen molar-refractivity contribution in [3.63, 3.8) is 0 Å². The predicted octanol–water partition coefficient (Wildman–Crippen LogP) is 4.61. The van der Waals surface area contributed by atoms with Crippen molar-refractivity contribution < 1.29 is 0 Å². The van der Waals surface area contributed by atoms with Gasteiger partial charge in [0.1, 0.15) is 0 Å². The maximum absolute atomic E-state index is 6.60. The van der Waals surface area contributed by atoms with Crippen molar-refractivity contribution in [3.05, 3.63) is 28.8 Å². The molecule has 3 heteroatoms. The Balaban J connectivity index is 1.75. The Hall–Kier alpha value is -0.730. The molecule has 1 saturated carbocycles. The Labute approximate surface area is 133 Å². The molecule has 2 unspecified atom stereocenters. The number of anilines is 1. The summed E-state index contributed by atoms with van der Waals surface area (Å²) in [5.74, 6) is 0.900. The van der Waals surface area contributed by atoms with Crippen molar-refractivity contribution in [1.82, 2.24) is 5.32 Å². The van der Waals surface area contributed by atoms with Gasteiger partial charge in [-0.15, -0.1) is 0 Å². The first kappa shape index (κ1) is 15.2. The second-order valence-corrected chi connectivity index (χ2v) is 7.32. The fraction of sp³-hybridized carbons (Fsp3) is 0.667. The number of fused-ring (bicyclic) bond motifs is 1. The number of hydrogen-bond acceptors (Lipinski definition) is 2. The Bertz CT molecular complexity index is 486. The van der Waals surface area contributed by atoms with E-state index in [0.717, 1.165) is 23.5 Å². The highest BCUT2D eigenvalue weighted by Crippen LogP contribution is 2.41. The quantitative estimate of drug-likeness (QED) is 0.874. The summed E-state index contributed by atoms with van der Waals surface area (Å²) in [7, 11) is 0. The van der Waals surface area contributed by atoms with Crippen molar-refractivity contribution in [3.8, 4) is 0 Å². The summed E-state index contributed by atoms with van der Waals surface area (Å²) in [6.45, 7) is 6.40. The second-order valence-electron chi connectivity index (χ2n) is 6.92. The summed E-state index contributed by atoms with van der Waals surface area (Å²) < 4.78 is 0. The Morgan fingerprint density at radius 1 is 1.24 bits per heavy atom. The van der Waals surface area contributed by atoms with Gasteiger partial charge < -0.3 is 10.2 Å². The number of nitrogens with zero attached hydrogens (tertiary/aromatic N) is 1. The lowest BCUT2D eigenvalue weighted by atomic mass is 9.91. The molecule has 2 atom stereocenters. The highest BCUT2D eigenvalue weighted by molar-refractivity contribution is 6.33. The molecule has 0 amide bonds. The zero-order chi connectivity index (χ0) is 14.8. The molecule has 1 aliphatic carbocycles. The van der Waals surface area contributed by atoms with E-state index in [1.165, 1.54) is 49.9 Å². The summed E-state index contributed by atoms with van der Waals surface area (Å²) in [5, 5.41) is 4.37. The van der Waals surface area contributed by atoms with Crippen molar-refractivity contribution in [2.75, 3.05) is 11.4 Å². The molecule has 21 heavy (non-hydrogen) atoms. The smallest absolute Gasteiger partial charge is 0.0642 e. The molecule has 1 aromatic carbocycles. The maximum atomic E-state index is 6.60. The molecule has 1 N–H and O–H groups in total. The van der Waals surface area contributed by atoms with Crippen LogP contribution >= 0.6 is 11.6 Å². The molecule has 1 saturated heterocycles. The van der Waals surface area contributed by atoms with Crippen LogP contribution in [-0.2, 0) is 6.54 Å².